The summed E-state index contributed by atoms with van der Waals surface area (Å²) in [5.41, 5.74) is 7.29. The van der Waals surface area contributed by atoms with Crippen molar-refractivity contribution in [1.29, 1.82) is 0 Å². The van der Waals surface area contributed by atoms with Crippen molar-refractivity contribution in [2.45, 2.75) is 32.2 Å². The van der Waals surface area contributed by atoms with E-state index in [9.17, 15) is 0 Å². The maximum Gasteiger partial charge on any atom is 0.143 e. The molecule has 0 atom stereocenters. The second-order valence-electron chi connectivity index (χ2n) is 5.81. The molecule has 0 unspecified atom stereocenters. The van der Waals surface area contributed by atoms with Gasteiger partial charge in [0.25, 0.3) is 0 Å². The van der Waals surface area contributed by atoms with Crippen molar-refractivity contribution in [3.63, 3.8) is 0 Å². The van der Waals surface area contributed by atoms with E-state index in [0.29, 0.717) is 6.04 Å². The van der Waals surface area contributed by atoms with E-state index in [1.165, 1.54) is 16.5 Å². The minimum Gasteiger partial charge on any atom is -0.491 e. The van der Waals surface area contributed by atoms with Gasteiger partial charge in [-0.3, -0.25) is 0 Å². The summed E-state index contributed by atoms with van der Waals surface area (Å²) in [4.78, 5) is 2.44. The van der Waals surface area contributed by atoms with Crippen LogP contribution in [0, 0.1) is 0 Å². The molecule has 0 saturated carbocycles. The monoisotopic (exact) mass is 284 g/mol. The van der Waals surface area contributed by atoms with Crippen LogP contribution in [0.2, 0.25) is 0 Å². The van der Waals surface area contributed by atoms with Crippen LogP contribution in [0.15, 0.2) is 36.4 Å². The molecule has 21 heavy (non-hydrogen) atoms. The van der Waals surface area contributed by atoms with Crippen LogP contribution in [0.4, 0.5) is 5.69 Å². The molecule has 0 aliphatic carbocycles. The van der Waals surface area contributed by atoms with Gasteiger partial charge < -0.3 is 15.4 Å². The summed E-state index contributed by atoms with van der Waals surface area (Å²) in [6.45, 7) is 4.93. The van der Waals surface area contributed by atoms with Gasteiger partial charge in [0.1, 0.15) is 5.75 Å². The van der Waals surface area contributed by atoms with E-state index in [4.69, 9.17) is 10.5 Å². The maximum absolute atomic E-state index is 6.05. The fourth-order valence-corrected chi connectivity index (χ4v) is 3.01. The summed E-state index contributed by atoms with van der Waals surface area (Å²) >= 11 is 0. The molecule has 0 aromatic heterocycles. The zero-order valence-corrected chi connectivity index (χ0v) is 12.7. The highest BCUT2D eigenvalue weighted by Crippen LogP contribution is 2.37. The van der Waals surface area contributed by atoms with Crippen LogP contribution >= 0.6 is 0 Å². The lowest BCUT2D eigenvalue weighted by Gasteiger charge is -2.34. The summed E-state index contributed by atoms with van der Waals surface area (Å²) < 4.78 is 6.00. The minimum absolute atomic E-state index is 0.344. The van der Waals surface area contributed by atoms with Gasteiger partial charge >= 0.3 is 0 Å². The maximum atomic E-state index is 6.05. The quantitative estimate of drug-likeness (QED) is 0.933. The molecule has 3 heteroatoms. The molecular formula is C18H24N2O. The lowest BCUT2D eigenvalue weighted by molar-refractivity contribution is 0.317. The molecule has 2 N–H and O–H groups in total. The van der Waals surface area contributed by atoms with E-state index < -0.39 is 0 Å². The van der Waals surface area contributed by atoms with Crippen molar-refractivity contribution in [3.05, 3.63) is 36.4 Å². The molecule has 0 bridgehead atoms. The number of hydrogen-bond acceptors (Lipinski definition) is 3. The van der Waals surface area contributed by atoms with Gasteiger partial charge in [0.05, 0.1) is 12.3 Å². The number of nitrogens with two attached hydrogens (primary N) is 1. The highest BCUT2D eigenvalue weighted by Gasteiger charge is 2.21. The Morgan fingerprint density at radius 2 is 1.90 bits per heavy atom. The summed E-state index contributed by atoms with van der Waals surface area (Å²) in [6.07, 6.45) is 3.13. The molecule has 112 valence electrons. The van der Waals surface area contributed by atoms with Crippen molar-refractivity contribution < 1.29 is 4.74 Å². The third-order valence-electron chi connectivity index (χ3n) is 4.18. The molecule has 1 heterocycles. The number of nitrogens with zero attached hydrogens (tertiary/aromatic N) is 1. The smallest absolute Gasteiger partial charge is 0.143 e. The normalized spacial score (nSPS) is 16.4. The highest BCUT2D eigenvalue weighted by atomic mass is 16.5. The molecule has 0 radical (unpaired) electrons. The number of benzene rings is 2. The fraction of sp³-hybridized carbons (Fsp3) is 0.444. The van der Waals surface area contributed by atoms with Crippen LogP contribution in [0.5, 0.6) is 5.75 Å². The second-order valence-corrected chi connectivity index (χ2v) is 5.81. The number of piperidine rings is 1. The second kappa shape index (κ2) is 6.35. The number of hydrogen-bond donors (Lipinski definition) is 1. The Morgan fingerprint density at radius 1 is 1.14 bits per heavy atom. The Balaban J connectivity index is 2.02. The Bertz CT molecular complexity index is 603. The summed E-state index contributed by atoms with van der Waals surface area (Å²) in [7, 11) is 0. The van der Waals surface area contributed by atoms with Gasteiger partial charge in [0.2, 0.25) is 0 Å². The lowest BCUT2D eigenvalue weighted by Crippen LogP contribution is -2.39. The topological polar surface area (TPSA) is 38.5 Å². The van der Waals surface area contributed by atoms with Gasteiger partial charge in [-0.15, -0.1) is 0 Å². The zero-order chi connectivity index (χ0) is 14.7. The fourth-order valence-electron chi connectivity index (χ4n) is 3.01. The predicted molar refractivity (Wildman–Crippen MR) is 89.2 cm³/mol. The first kappa shape index (κ1) is 14.2. The predicted octanol–water partition coefficient (Wildman–Crippen LogP) is 3.56. The van der Waals surface area contributed by atoms with Gasteiger partial charge in [-0.1, -0.05) is 37.3 Å². The molecule has 1 aliphatic heterocycles. The van der Waals surface area contributed by atoms with Crippen LogP contribution in [0.3, 0.4) is 0 Å². The van der Waals surface area contributed by atoms with Crippen molar-refractivity contribution >= 4 is 16.5 Å². The third kappa shape index (κ3) is 2.98. The Kier molecular flexibility index (Phi) is 4.30. The van der Waals surface area contributed by atoms with Gasteiger partial charge in [-0.05, 0) is 30.7 Å². The van der Waals surface area contributed by atoms with Crippen molar-refractivity contribution in [1.82, 2.24) is 0 Å². The largest absolute Gasteiger partial charge is 0.491 e. The zero-order valence-electron chi connectivity index (χ0n) is 12.7. The van der Waals surface area contributed by atoms with Gasteiger partial charge in [0.15, 0.2) is 0 Å². The summed E-state index contributed by atoms with van der Waals surface area (Å²) in [5, 5.41) is 2.55. The number of anilines is 1. The molecule has 0 spiro atoms. The molecule has 2 aromatic rings. The van der Waals surface area contributed by atoms with Gasteiger partial charge in [-0.25, -0.2) is 0 Å². The van der Waals surface area contributed by atoms with Crippen LogP contribution in [-0.2, 0) is 0 Å². The Labute approximate surface area is 126 Å². The highest BCUT2D eigenvalue weighted by molar-refractivity contribution is 5.97. The molecule has 3 rings (SSSR count). The average Bonchev–Trinajstić information content (AvgIpc) is 2.53. The van der Waals surface area contributed by atoms with E-state index in [1.807, 2.05) is 0 Å². The minimum atomic E-state index is 0.344. The first-order valence-electron chi connectivity index (χ1n) is 7.94. The van der Waals surface area contributed by atoms with Gasteiger partial charge in [0, 0.05) is 24.5 Å². The standard InChI is InChI=1S/C18H24N2O/c1-2-13-21-17-8-7-14-5-3-4-6-16(14)18(17)20-11-9-15(19)10-12-20/h3-8,15H,2,9-13,19H2,1H3. The van der Waals surface area contributed by atoms with E-state index in [1.54, 1.807) is 0 Å². The molecule has 2 aromatic carbocycles. The molecule has 3 nitrogen and oxygen atoms in total. The summed E-state index contributed by atoms with van der Waals surface area (Å²) in [5.74, 6) is 1.01. The number of rotatable bonds is 4. The molecule has 1 saturated heterocycles. The van der Waals surface area contributed by atoms with Crippen LogP contribution in [0.1, 0.15) is 26.2 Å². The molecular weight excluding hydrogens is 260 g/mol. The average molecular weight is 284 g/mol. The molecule has 1 aliphatic rings. The van der Waals surface area contributed by atoms with E-state index in [2.05, 4.69) is 48.2 Å². The SMILES string of the molecule is CCCOc1ccc2ccccc2c1N1CCC(N)CC1. The van der Waals surface area contributed by atoms with Crippen molar-refractivity contribution in [2.75, 3.05) is 24.6 Å². The van der Waals surface area contributed by atoms with E-state index in [-0.39, 0.29) is 0 Å². The Hall–Kier alpha value is -1.74. The van der Waals surface area contributed by atoms with Crippen LogP contribution in [-0.4, -0.2) is 25.7 Å². The van der Waals surface area contributed by atoms with E-state index in [0.717, 1.165) is 44.7 Å². The molecule has 0 amide bonds. The molecule has 1 fully saturated rings. The van der Waals surface area contributed by atoms with Crippen LogP contribution in [0.25, 0.3) is 10.8 Å². The summed E-state index contributed by atoms with van der Waals surface area (Å²) in [6, 6.07) is 13.2. The number of fused-ring (bicyclic) bond motifs is 1. The van der Waals surface area contributed by atoms with Crippen molar-refractivity contribution in [2.24, 2.45) is 5.73 Å². The van der Waals surface area contributed by atoms with Crippen LogP contribution < -0.4 is 15.4 Å². The first-order chi connectivity index (χ1) is 10.3. The number of ether oxygens (including phenoxy) is 1. The lowest BCUT2D eigenvalue weighted by atomic mass is 10.0. The Morgan fingerprint density at radius 3 is 2.67 bits per heavy atom. The van der Waals surface area contributed by atoms with Crippen molar-refractivity contribution in [3.8, 4) is 5.75 Å². The van der Waals surface area contributed by atoms with Gasteiger partial charge in [-0.2, -0.15) is 0 Å². The first-order valence-corrected chi connectivity index (χ1v) is 7.94. The van der Waals surface area contributed by atoms with E-state index >= 15 is 0 Å². The third-order valence-corrected chi connectivity index (χ3v) is 4.18.